The molecule has 1 aliphatic heterocycles. The van der Waals surface area contributed by atoms with Gasteiger partial charge in [0.1, 0.15) is 0 Å². The van der Waals surface area contributed by atoms with Crippen LogP contribution in [0.25, 0.3) is 0 Å². The van der Waals surface area contributed by atoms with Gasteiger partial charge in [-0.05, 0) is 24.5 Å². The first-order chi connectivity index (χ1) is 7.36. The largest absolute Gasteiger partial charge is 0.639 e. The van der Waals surface area contributed by atoms with E-state index in [1.165, 1.54) is 11.1 Å². The fraction of sp³-hybridized carbons (Fsp3) is 0.455. The van der Waals surface area contributed by atoms with Crippen LogP contribution in [0, 0.1) is 6.92 Å². The van der Waals surface area contributed by atoms with E-state index in [2.05, 4.69) is 19.1 Å². The molecule has 0 atom stereocenters. The fourth-order valence-electron chi connectivity index (χ4n) is 1.49. The molecule has 0 aromatic heterocycles. The van der Waals surface area contributed by atoms with Crippen LogP contribution in [0.3, 0.4) is 0 Å². The maximum absolute atomic E-state index is 5.51. The predicted molar refractivity (Wildman–Crippen MR) is 58.2 cm³/mol. The zero-order valence-electron chi connectivity index (χ0n) is 8.94. The van der Waals surface area contributed by atoms with E-state index < -0.39 is 7.32 Å². The van der Waals surface area contributed by atoms with Gasteiger partial charge >= 0.3 is 7.32 Å². The van der Waals surface area contributed by atoms with Crippen molar-refractivity contribution in [3.8, 4) is 0 Å². The Hall–Kier alpha value is -0.835. The third-order valence-electron chi connectivity index (χ3n) is 2.43. The second-order valence-electron chi connectivity index (χ2n) is 3.62. The predicted octanol–water partition coefficient (Wildman–Crippen LogP) is 1.93. The summed E-state index contributed by atoms with van der Waals surface area (Å²) in [7, 11) is -0.488. The maximum atomic E-state index is 5.51. The molecule has 1 heterocycles. The molecule has 0 aliphatic carbocycles. The molecular weight excluding hydrogens is 191 g/mol. The Bertz CT molecular complexity index is 310. The molecule has 0 saturated carbocycles. The van der Waals surface area contributed by atoms with Crippen LogP contribution in [0.1, 0.15) is 17.5 Å². The molecule has 1 saturated heterocycles. The Morgan fingerprint density at radius 2 is 2.00 bits per heavy atom. The third kappa shape index (κ3) is 3.06. The van der Waals surface area contributed by atoms with Crippen molar-refractivity contribution in [3.05, 3.63) is 35.4 Å². The normalized spacial score (nSPS) is 16.7. The van der Waals surface area contributed by atoms with Crippen molar-refractivity contribution >= 4 is 7.32 Å². The first kappa shape index (κ1) is 10.7. The Balaban J connectivity index is 1.84. The quantitative estimate of drug-likeness (QED) is 0.707. The first-order valence-corrected chi connectivity index (χ1v) is 5.25. The maximum Gasteiger partial charge on any atom is 0.639 e. The van der Waals surface area contributed by atoms with Gasteiger partial charge in [-0.25, -0.2) is 0 Å². The molecule has 0 amide bonds. The summed E-state index contributed by atoms with van der Waals surface area (Å²) in [6.45, 7) is 4.05. The van der Waals surface area contributed by atoms with E-state index in [9.17, 15) is 0 Å². The van der Waals surface area contributed by atoms with E-state index in [-0.39, 0.29) is 0 Å². The molecule has 2 rings (SSSR count). The van der Waals surface area contributed by atoms with Gasteiger partial charge in [-0.2, -0.15) is 0 Å². The van der Waals surface area contributed by atoms with Crippen molar-refractivity contribution < 1.29 is 14.0 Å². The average molecular weight is 206 g/mol. The van der Waals surface area contributed by atoms with Crippen LogP contribution in [0.5, 0.6) is 0 Å². The summed E-state index contributed by atoms with van der Waals surface area (Å²) in [5.41, 5.74) is 2.41. The van der Waals surface area contributed by atoms with Gasteiger partial charge in [-0.3, -0.25) is 0 Å². The van der Waals surface area contributed by atoms with Crippen molar-refractivity contribution in [2.45, 2.75) is 20.0 Å². The third-order valence-corrected chi connectivity index (χ3v) is 2.43. The minimum absolute atomic E-state index is 0.488. The highest BCUT2D eigenvalue weighted by Crippen LogP contribution is 2.10. The Kier molecular flexibility index (Phi) is 3.77. The van der Waals surface area contributed by atoms with Gasteiger partial charge in [-0.15, -0.1) is 0 Å². The average Bonchev–Trinajstić information content (AvgIpc) is 2.29. The minimum Gasteiger partial charge on any atom is -0.386 e. The van der Waals surface area contributed by atoms with Gasteiger partial charge in [0.2, 0.25) is 0 Å². The van der Waals surface area contributed by atoms with Crippen LogP contribution >= 0.6 is 0 Å². The molecule has 1 aliphatic rings. The van der Waals surface area contributed by atoms with Gasteiger partial charge in [0.25, 0.3) is 0 Å². The molecule has 4 heteroatoms. The lowest BCUT2D eigenvalue weighted by Crippen LogP contribution is -2.32. The van der Waals surface area contributed by atoms with Crippen molar-refractivity contribution in [3.63, 3.8) is 0 Å². The van der Waals surface area contributed by atoms with Crippen LogP contribution in [0.15, 0.2) is 24.3 Å². The molecule has 0 N–H and O–H groups in total. The van der Waals surface area contributed by atoms with E-state index in [1.807, 2.05) is 12.1 Å². The number of rotatable bonds is 3. The lowest BCUT2D eigenvalue weighted by Gasteiger charge is -2.19. The van der Waals surface area contributed by atoms with Crippen molar-refractivity contribution in [2.24, 2.45) is 0 Å². The summed E-state index contributed by atoms with van der Waals surface area (Å²) in [6.07, 6.45) is 0.949. The summed E-state index contributed by atoms with van der Waals surface area (Å²) in [5.74, 6) is 0. The highest BCUT2D eigenvalue weighted by molar-refractivity contribution is 6.36. The second kappa shape index (κ2) is 5.30. The molecular formula is C11H15BO3. The van der Waals surface area contributed by atoms with Gasteiger partial charge in [-0.1, -0.05) is 24.3 Å². The molecule has 80 valence electrons. The summed E-state index contributed by atoms with van der Waals surface area (Å²) in [4.78, 5) is 0. The van der Waals surface area contributed by atoms with Crippen LogP contribution < -0.4 is 0 Å². The summed E-state index contributed by atoms with van der Waals surface area (Å²) >= 11 is 0. The molecule has 15 heavy (non-hydrogen) atoms. The van der Waals surface area contributed by atoms with Crippen molar-refractivity contribution in [1.29, 1.82) is 0 Å². The highest BCUT2D eigenvalue weighted by atomic mass is 16.7. The lowest BCUT2D eigenvalue weighted by molar-refractivity contribution is 0.0487. The number of hydrogen-bond acceptors (Lipinski definition) is 3. The minimum atomic E-state index is -0.488. The summed E-state index contributed by atoms with van der Waals surface area (Å²) in [6, 6.07) is 8.15. The van der Waals surface area contributed by atoms with Crippen molar-refractivity contribution in [2.75, 3.05) is 13.2 Å². The number of hydrogen-bond donors (Lipinski definition) is 0. The van der Waals surface area contributed by atoms with Gasteiger partial charge < -0.3 is 14.0 Å². The molecule has 1 aromatic carbocycles. The monoisotopic (exact) mass is 206 g/mol. The molecule has 0 radical (unpaired) electrons. The van der Waals surface area contributed by atoms with E-state index >= 15 is 0 Å². The summed E-state index contributed by atoms with van der Waals surface area (Å²) < 4.78 is 16.1. The Morgan fingerprint density at radius 1 is 1.27 bits per heavy atom. The molecule has 0 bridgehead atoms. The van der Waals surface area contributed by atoms with E-state index in [4.69, 9.17) is 14.0 Å². The highest BCUT2D eigenvalue weighted by Gasteiger charge is 2.24. The summed E-state index contributed by atoms with van der Waals surface area (Å²) in [5, 5.41) is 0. The van der Waals surface area contributed by atoms with E-state index in [0.29, 0.717) is 6.61 Å². The van der Waals surface area contributed by atoms with Crippen LogP contribution in [-0.4, -0.2) is 20.5 Å². The topological polar surface area (TPSA) is 27.7 Å². The number of aryl methyl sites for hydroxylation is 1. The van der Waals surface area contributed by atoms with E-state index in [1.54, 1.807) is 0 Å². The molecule has 1 fully saturated rings. The fourth-order valence-corrected chi connectivity index (χ4v) is 1.49. The smallest absolute Gasteiger partial charge is 0.386 e. The van der Waals surface area contributed by atoms with Crippen molar-refractivity contribution in [1.82, 2.24) is 0 Å². The number of benzene rings is 1. The van der Waals surface area contributed by atoms with Gasteiger partial charge in [0.15, 0.2) is 0 Å². The van der Waals surface area contributed by atoms with E-state index in [0.717, 1.165) is 19.6 Å². The van der Waals surface area contributed by atoms with Gasteiger partial charge in [0.05, 0.1) is 6.61 Å². The molecule has 3 nitrogen and oxygen atoms in total. The molecule has 1 aromatic rings. The molecule has 0 unspecified atom stereocenters. The van der Waals surface area contributed by atoms with Crippen LogP contribution in [0.2, 0.25) is 0 Å². The standard InChI is InChI=1S/C11H15BO3/c1-10-5-2-3-6-11(10)9-15-12-13-7-4-8-14-12/h2-3,5-6H,4,7-9H2,1H3. The molecule has 0 spiro atoms. The Labute approximate surface area is 90.5 Å². The zero-order chi connectivity index (χ0) is 10.5. The zero-order valence-corrected chi connectivity index (χ0v) is 8.94. The Morgan fingerprint density at radius 3 is 2.73 bits per heavy atom. The SMILES string of the molecule is Cc1ccccc1COB1OCCCO1. The second-order valence-corrected chi connectivity index (χ2v) is 3.62. The van der Waals surface area contributed by atoms with Crippen LogP contribution in [-0.2, 0) is 20.6 Å². The van der Waals surface area contributed by atoms with Crippen LogP contribution in [0.4, 0.5) is 0 Å². The van der Waals surface area contributed by atoms with Gasteiger partial charge in [0, 0.05) is 13.2 Å². The first-order valence-electron chi connectivity index (χ1n) is 5.25. The lowest BCUT2D eigenvalue weighted by atomic mass is 10.1.